The van der Waals surface area contributed by atoms with Crippen molar-refractivity contribution in [1.82, 2.24) is 5.48 Å². The van der Waals surface area contributed by atoms with Crippen LogP contribution < -0.4 is 10.2 Å². The molecule has 188 valence electrons. The van der Waals surface area contributed by atoms with Crippen molar-refractivity contribution in [2.75, 3.05) is 33.5 Å². The number of methoxy groups -OCH3 is 1. The lowest BCUT2D eigenvalue weighted by molar-refractivity contribution is -0.470. The molecule has 0 heterocycles. The van der Waals surface area contributed by atoms with E-state index in [-0.39, 0.29) is 38.1 Å². The van der Waals surface area contributed by atoms with Gasteiger partial charge in [-0.2, -0.15) is 0 Å². The van der Waals surface area contributed by atoms with E-state index in [0.717, 1.165) is 6.92 Å². The fourth-order valence-electron chi connectivity index (χ4n) is 2.42. The van der Waals surface area contributed by atoms with Crippen LogP contribution in [-0.2, 0) is 38.1 Å². The van der Waals surface area contributed by atoms with Crippen LogP contribution in [0.3, 0.4) is 0 Å². The molecule has 1 aromatic carbocycles. The van der Waals surface area contributed by atoms with E-state index in [0.29, 0.717) is 13.0 Å². The van der Waals surface area contributed by atoms with Gasteiger partial charge in [0.2, 0.25) is 0 Å². The Balaban J connectivity index is 3.35. The second-order valence-electron chi connectivity index (χ2n) is 7.10. The lowest BCUT2D eigenvalue weighted by Gasteiger charge is -2.42. The smallest absolute Gasteiger partial charge is 0.439 e. The van der Waals surface area contributed by atoms with Crippen molar-refractivity contribution in [1.29, 1.82) is 0 Å². The van der Waals surface area contributed by atoms with Gasteiger partial charge in [-0.1, -0.05) is 25.1 Å². The molecule has 0 radical (unpaired) electrons. The van der Waals surface area contributed by atoms with Crippen LogP contribution in [0.15, 0.2) is 30.3 Å². The summed E-state index contributed by atoms with van der Waals surface area (Å²) < 4.78 is 32.2. The summed E-state index contributed by atoms with van der Waals surface area (Å²) in [5.41, 5.74) is 2.44. The van der Waals surface area contributed by atoms with Crippen LogP contribution in [0.25, 0.3) is 0 Å². The minimum atomic E-state index is -3.06. The summed E-state index contributed by atoms with van der Waals surface area (Å²) >= 11 is 0. The summed E-state index contributed by atoms with van der Waals surface area (Å²) in [7, 11) is 1.52. The van der Waals surface area contributed by atoms with Crippen LogP contribution in [0.4, 0.5) is 0 Å². The average Bonchev–Trinajstić information content (AvgIpc) is 2.75. The molecule has 0 aromatic heterocycles. The van der Waals surface area contributed by atoms with Crippen molar-refractivity contribution in [3.63, 3.8) is 0 Å². The van der Waals surface area contributed by atoms with E-state index < -0.39 is 23.8 Å². The lowest BCUT2D eigenvalue weighted by atomic mass is 10.3. The average molecular weight is 474 g/mol. The number of esters is 2. The van der Waals surface area contributed by atoms with E-state index in [9.17, 15) is 14.7 Å². The monoisotopic (exact) mass is 473 g/mol. The molecule has 2 N–H and O–H groups in total. The maximum atomic E-state index is 12.1. The number of rotatable bonds is 17. The lowest BCUT2D eigenvalue weighted by Crippen LogP contribution is -2.71. The third-order valence-corrected chi connectivity index (χ3v) is 3.88. The fraction of sp³-hybridized carbons (Fsp3) is 0.636. The third-order valence-electron chi connectivity index (χ3n) is 3.88. The van der Waals surface area contributed by atoms with E-state index in [1.807, 2.05) is 13.8 Å². The van der Waals surface area contributed by atoms with Gasteiger partial charge in [0.15, 0.2) is 0 Å². The zero-order valence-electron chi connectivity index (χ0n) is 19.8. The molecule has 33 heavy (non-hydrogen) atoms. The van der Waals surface area contributed by atoms with Crippen molar-refractivity contribution in [2.45, 2.75) is 58.5 Å². The highest BCUT2D eigenvalue weighted by atomic mass is 16.9. The van der Waals surface area contributed by atoms with Gasteiger partial charge in [0, 0.05) is 27.1 Å². The highest BCUT2D eigenvalue weighted by Gasteiger charge is 2.64. The number of hydrogen-bond donors (Lipinski definition) is 2. The quantitative estimate of drug-likeness (QED) is 0.149. The highest BCUT2D eigenvalue weighted by Crippen LogP contribution is 2.32. The number of hydroxylamine groups is 1. The molecule has 1 rings (SSSR count). The standard InChI is InChI=1S/C22H35NO10/c1-6-20(25)33-22(26,31-18(4)24)21(29-14-10-13-27-5,23-30-16-15-28-17(2)3)32-19-11-8-7-9-12-19/h7-9,11-12,17,23,26H,6,10,13-16H2,1-5H3. The van der Waals surface area contributed by atoms with Gasteiger partial charge in [-0.15, -0.1) is 5.48 Å². The molecule has 2 unspecified atom stereocenters. The van der Waals surface area contributed by atoms with E-state index in [1.165, 1.54) is 14.0 Å². The number of carbonyl (C=O) groups is 2. The molecule has 0 amide bonds. The number of nitrogens with one attached hydrogen (secondary N) is 1. The molecule has 0 fully saturated rings. The molecule has 0 aliphatic heterocycles. The van der Waals surface area contributed by atoms with Crippen LogP contribution in [0.2, 0.25) is 0 Å². The second kappa shape index (κ2) is 14.8. The number of benzene rings is 1. The topological polar surface area (TPSA) is 131 Å². The van der Waals surface area contributed by atoms with Gasteiger partial charge in [-0.05, 0) is 32.4 Å². The van der Waals surface area contributed by atoms with Crippen molar-refractivity contribution >= 4 is 11.9 Å². The molecule has 0 saturated carbocycles. The van der Waals surface area contributed by atoms with E-state index in [1.54, 1.807) is 30.3 Å². The summed E-state index contributed by atoms with van der Waals surface area (Å²) in [4.78, 5) is 29.4. The summed E-state index contributed by atoms with van der Waals surface area (Å²) in [6.45, 7) is 6.70. The molecule has 1 aromatic rings. The molecule has 0 aliphatic carbocycles. The van der Waals surface area contributed by atoms with Crippen LogP contribution in [-0.4, -0.2) is 68.6 Å². The SMILES string of the molecule is CCC(=O)OC(O)(OC(C)=O)C(NOCCOC(C)C)(OCCCOC)Oc1ccccc1. The predicted molar refractivity (Wildman–Crippen MR) is 116 cm³/mol. The van der Waals surface area contributed by atoms with Gasteiger partial charge in [-0.25, -0.2) is 0 Å². The number of para-hydroxylation sites is 1. The maximum absolute atomic E-state index is 12.1. The first-order chi connectivity index (χ1) is 15.7. The summed E-state index contributed by atoms with van der Waals surface area (Å²) in [6.07, 6.45) is 0.206. The van der Waals surface area contributed by atoms with Gasteiger partial charge in [0.05, 0.1) is 25.9 Å². The van der Waals surface area contributed by atoms with Crippen molar-refractivity contribution in [3.8, 4) is 5.75 Å². The number of carbonyl (C=O) groups excluding carboxylic acids is 2. The van der Waals surface area contributed by atoms with E-state index in [4.69, 9.17) is 33.3 Å². The van der Waals surface area contributed by atoms with Crippen LogP contribution in [0.1, 0.15) is 40.5 Å². The summed E-state index contributed by atoms with van der Waals surface area (Å²) in [6, 6.07) is 8.21. The molecular formula is C22H35NO10. The van der Waals surface area contributed by atoms with Gasteiger partial charge in [-0.3, -0.25) is 14.4 Å². The second-order valence-corrected chi connectivity index (χ2v) is 7.10. The Kier molecular flexibility index (Phi) is 12.9. The summed E-state index contributed by atoms with van der Waals surface area (Å²) in [5.74, 6) is -7.22. The van der Waals surface area contributed by atoms with Gasteiger partial charge < -0.3 is 33.5 Å². The Morgan fingerprint density at radius 1 is 1.06 bits per heavy atom. The number of hydrogen-bond acceptors (Lipinski definition) is 11. The van der Waals surface area contributed by atoms with Crippen LogP contribution in [0, 0.1) is 0 Å². The van der Waals surface area contributed by atoms with Crippen LogP contribution >= 0.6 is 0 Å². The largest absolute Gasteiger partial charge is 0.462 e. The van der Waals surface area contributed by atoms with Gasteiger partial charge in [0.25, 0.3) is 0 Å². The van der Waals surface area contributed by atoms with Crippen molar-refractivity contribution in [2.24, 2.45) is 0 Å². The first-order valence-corrected chi connectivity index (χ1v) is 10.7. The molecule has 11 nitrogen and oxygen atoms in total. The first kappa shape index (κ1) is 28.8. The fourth-order valence-corrected chi connectivity index (χ4v) is 2.42. The molecule has 2 atom stereocenters. The molecule has 0 saturated heterocycles. The predicted octanol–water partition coefficient (Wildman–Crippen LogP) is 1.88. The maximum Gasteiger partial charge on any atom is 0.462 e. The minimum Gasteiger partial charge on any atom is -0.439 e. The Labute approximate surface area is 194 Å². The zero-order valence-corrected chi connectivity index (χ0v) is 19.8. The van der Waals surface area contributed by atoms with Gasteiger partial charge in [0.1, 0.15) is 5.75 Å². The molecule has 0 spiro atoms. The molecule has 0 bridgehead atoms. The Morgan fingerprint density at radius 3 is 2.33 bits per heavy atom. The van der Waals surface area contributed by atoms with E-state index >= 15 is 0 Å². The summed E-state index contributed by atoms with van der Waals surface area (Å²) in [5, 5.41) is 11.3. The molecular weight excluding hydrogens is 438 g/mol. The zero-order chi connectivity index (χ0) is 24.7. The number of ether oxygens (including phenoxy) is 6. The Hall–Kier alpha value is -2.28. The van der Waals surface area contributed by atoms with Crippen LogP contribution in [0.5, 0.6) is 5.75 Å². The minimum absolute atomic E-state index is 0.00259. The third kappa shape index (κ3) is 10.0. The molecule has 11 heteroatoms. The normalized spacial score (nSPS) is 14.9. The van der Waals surface area contributed by atoms with E-state index in [2.05, 4.69) is 5.48 Å². The number of aliphatic hydroxyl groups is 1. The highest BCUT2D eigenvalue weighted by molar-refractivity contribution is 5.70. The molecule has 0 aliphatic rings. The Bertz CT molecular complexity index is 702. The van der Waals surface area contributed by atoms with Crippen molar-refractivity contribution in [3.05, 3.63) is 30.3 Å². The first-order valence-electron chi connectivity index (χ1n) is 10.7. The van der Waals surface area contributed by atoms with Gasteiger partial charge >= 0.3 is 23.8 Å². The Morgan fingerprint density at radius 2 is 1.76 bits per heavy atom. The van der Waals surface area contributed by atoms with Crippen molar-refractivity contribution < 1.29 is 48.0 Å².